The van der Waals surface area contributed by atoms with E-state index >= 15 is 0 Å². The summed E-state index contributed by atoms with van der Waals surface area (Å²) in [4.78, 5) is 39.2. The maximum absolute atomic E-state index is 13.0. The molecule has 0 aliphatic heterocycles. The van der Waals surface area contributed by atoms with E-state index in [1.807, 2.05) is 0 Å². The van der Waals surface area contributed by atoms with Crippen LogP contribution in [0.4, 0.5) is 15.8 Å². The van der Waals surface area contributed by atoms with Gasteiger partial charge in [0, 0.05) is 12.6 Å². The number of rotatable bonds is 6. The molecule has 152 valence electrons. The second-order valence-corrected chi connectivity index (χ2v) is 7.81. The Hall–Kier alpha value is -3.74. The molecule has 1 aromatic heterocycles. The van der Waals surface area contributed by atoms with Gasteiger partial charge >= 0.3 is 5.69 Å². The summed E-state index contributed by atoms with van der Waals surface area (Å²) in [5.74, 6) is -0.437. The first kappa shape index (κ1) is 20.0. The predicted octanol–water partition coefficient (Wildman–Crippen LogP) is 0.852. The minimum absolute atomic E-state index is 0.0399. The van der Waals surface area contributed by atoms with Gasteiger partial charge in [-0.05, 0) is 23.8 Å². The first-order valence-corrected chi connectivity index (χ1v) is 9.88. The molecule has 2 aromatic carbocycles. The van der Waals surface area contributed by atoms with E-state index in [4.69, 9.17) is 0 Å². The van der Waals surface area contributed by atoms with Gasteiger partial charge in [-0.3, -0.25) is 14.9 Å². The lowest BCUT2D eigenvalue weighted by atomic mass is 10.1. The number of aromatic amines is 1. The number of nitro benzene ring substituents is 1. The van der Waals surface area contributed by atoms with Crippen LogP contribution >= 0.6 is 0 Å². The number of fused-ring (bicyclic) bond motifs is 1. The molecule has 0 unspecified atom stereocenters. The molecule has 0 saturated heterocycles. The number of aromatic nitrogens is 2. The number of anilines is 1. The normalized spacial score (nSPS) is 11.4. The Bertz CT molecular complexity index is 1330. The highest BCUT2D eigenvalue weighted by molar-refractivity contribution is 7.91. The van der Waals surface area contributed by atoms with E-state index in [0.717, 1.165) is 18.4 Å². The molecule has 11 nitrogen and oxygen atoms in total. The van der Waals surface area contributed by atoms with Crippen LogP contribution in [0, 0.1) is 15.9 Å². The summed E-state index contributed by atoms with van der Waals surface area (Å²) in [5.41, 5.74) is -2.07. The van der Waals surface area contributed by atoms with E-state index in [9.17, 15) is 32.5 Å². The van der Waals surface area contributed by atoms with Crippen LogP contribution in [0.1, 0.15) is 5.56 Å². The van der Waals surface area contributed by atoms with Crippen LogP contribution in [0.2, 0.25) is 0 Å². The molecule has 3 aromatic rings. The molecule has 0 amide bonds. The lowest BCUT2D eigenvalue weighted by Crippen LogP contribution is -2.43. The minimum Gasteiger partial charge on any atom is -0.375 e. The fraction of sp³-hybridized carbons (Fsp3) is 0.125. The van der Waals surface area contributed by atoms with Crippen molar-refractivity contribution >= 4 is 32.3 Å². The number of nitrogens with zero attached hydrogens (tertiary/aromatic N) is 2. The first-order chi connectivity index (χ1) is 13.5. The fourth-order valence-corrected chi connectivity index (χ4v) is 3.09. The van der Waals surface area contributed by atoms with Crippen molar-refractivity contribution in [2.75, 3.05) is 16.4 Å². The van der Waals surface area contributed by atoms with Crippen molar-refractivity contribution in [3.63, 3.8) is 0 Å². The molecule has 3 rings (SSSR count). The van der Waals surface area contributed by atoms with Crippen LogP contribution in [-0.2, 0) is 16.6 Å². The van der Waals surface area contributed by atoms with Gasteiger partial charge in [-0.15, -0.1) is 0 Å². The number of H-pyrrole nitrogens is 1. The molecule has 1 heterocycles. The number of sulfonamides is 1. The zero-order valence-corrected chi connectivity index (χ0v) is 15.6. The molecule has 0 aliphatic carbocycles. The number of hydrogen-bond acceptors (Lipinski definition) is 7. The minimum atomic E-state index is -3.93. The Morgan fingerprint density at radius 2 is 1.86 bits per heavy atom. The largest absolute Gasteiger partial charge is 0.375 e. The third-order valence-electron chi connectivity index (χ3n) is 3.86. The number of nitrogens with one attached hydrogen (secondary N) is 3. The highest BCUT2D eigenvalue weighted by Crippen LogP contribution is 2.28. The van der Waals surface area contributed by atoms with Gasteiger partial charge in [-0.25, -0.2) is 22.4 Å². The number of benzene rings is 2. The summed E-state index contributed by atoms with van der Waals surface area (Å²) in [7, 11) is -3.93. The van der Waals surface area contributed by atoms with Crippen molar-refractivity contribution in [2.45, 2.75) is 6.54 Å². The van der Waals surface area contributed by atoms with E-state index in [2.05, 4.69) is 10.3 Å². The molecule has 0 fully saturated rings. The molecule has 0 radical (unpaired) electrons. The van der Waals surface area contributed by atoms with Gasteiger partial charge in [0.1, 0.15) is 11.5 Å². The second-order valence-electron chi connectivity index (χ2n) is 6.09. The SMILES string of the molecule is CS(=O)(=O)Nn1c(=O)[nH]c2cc([N+](=O)[O-])c(NCc3ccc(F)cc3)cc2c1=O. The maximum atomic E-state index is 13.0. The zero-order valence-electron chi connectivity index (χ0n) is 14.8. The van der Waals surface area contributed by atoms with Crippen LogP contribution in [-0.4, -0.2) is 29.3 Å². The quantitative estimate of drug-likeness (QED) is 0.392. The average molecular weight is 423 g/mol. The monoisotopic (exact) mass is 423 g/mol. The van der Waals surface area contributed by atoms with Crippen molar-refractivity contribution in [2.24, 2.45) is 0 Å². The predicted molar refractivity (Wildman–Crippen MR) is 103 cm³/mol. The van der Waals surface area contributed by atoms with Crippen LogP contribution in [0.5, 0.6) is 0 Å². The van der Waals surface area contributed by atoms with E-state index in [1.54, 1.807) is 4.83 Å². The molecule has 3 N–H and O–H groups in total. The van der Waals surface area contributed by atoms with E-state index in [-0.39, 0.29) is 27.8 Å². The summed E-state index contributed by atoms with van der Waals surface area (Å²) in [6, 6.07) is 7.55. The Balaban J connectivity index is 2.11. The molecule has 0 saturated carbocycles. The van der Waals surface area contributed by atoms with Gasteiger partial charge in [0.2, 0.25) is 10.0 Å². The van der Waals surface area contributed by atoms with Crippen molar-refractivity contribution in [1.29, 1.82) is 0 Å². The fourth-order valence-electron chi connectivity index (χ4n) is 2.59. The lowest BCUT2D eigenvalue weighted by molar-refractivity contribution is -0.383. The molecule has 29 heavy (non-hydrogen) atoms. The van der Waals surface area contributed by atoms with Crippen LogP contribution in [0.15, 0.2) is 46.0 Å². The van der Waals surface area contributed by atoms with Crippen molar-refractivity contribution < 1.29 is 17.7 Å². The maximum Gasteiger partial charge on any atom is 0.348 e. The number of nitro groups is 1. The van der Waals surface area contributed by atoms with E-state index < -0.39 is 37.7 Å². The summed E-state index contributed by atoms with van der Waals surface area (Å²) in [6.45, 7) is 0.0890. The molecule has 13 heteroatoms. The topological polar surface area (TPSA) is 156 Å². The van der Waals surface area contributed by atoms with Gasteiger partial charge in [0.25, 0.3) is 11.2 Å². The standard InChI is InChI=1S/C16H14FN5O6S/c1-29(27,28)20-21-15(23)11-6-13(18-8-9-2-4-10(17)5-3-9)14(22(25)26)7-12(11)19-16(21)24/h2-7,18,20H,8H2,1H3,(H,19,24). The van der Waals surface area contributed by atoms with Crippen LogP contribution < -0.4 is 21.4 Å². The lowest BCUT2D eigenvalue weighted by Gasteiger charge is -2.10. The van der Waals surface area contributed by atoms with Crippen molar-refractivity contribution in [3.05, 3.63) is 78.7 Å². The molecule has 0 aliphatic rings. The van der Waals surface area contributed by atoms with Gasteiger partial charge < -0.3 is 10.3 Å². The third kappa shape index (κ3) is 4.40. The Kier molecular flexibility index (Phi) is 5.07. The molecule has 0 atom stereocenters. The summed E-state index contributed by atoms with van der Waals surface area (Å²) >= 11 is 0. The van der Waals surface area contributed by atoms with Crippen molar-refractivity contribution in [3.8, 4) is 0 Å². The van der Waals surface area contributed by atoms with Crippen molar-refractivity contribution in [1.82, 2.24) is 9.66 Å². The molecular weight excluding hydrogens is 409 g/mol. The third-order valence-corrected chi connectivity index (χ3v) is 4.38. The van der Waals surface area contributed by atoms with E-state index in [1.165, 1.54) is 24.3 Å². The Labute approximate surface area is 162 Å². The number of hydrogen-bond donors (Lipinski definition) is 3. The summed E-state index contributed by atoms with van der Waals surface area (Å²) in [6.07, 6.45) is 0.759. The van der Waals surface area contributed by atoms with Crippen LogP contribution in [0.3, 0.4) is 0 Å². The molecule has 0 bridgehead atoms. The molecular formula is C16H14FN5O6S. The molecule has 0 spiro atoms. The van der Waals surface area contributed by atoms with E-state index in [0.29, 0.717) is 5.56 Å². The summed E-state index contributed by atoms with van der Waals surface area (Å²) in [5, 5.41) is 14.0. The smallest absolute Gasteiger partial charge is 0.348 e. The summed E-state index contributed by atoms with van der Waals surface area (Å²) < 4.78 is 36.0. The highest BCUT2D eigenvalue weighted by atomic mass is 32.2. The number of halogens is 1. The van der Waals surface area contributed by atoms with Gasteiger partial charge in [-0.1, -0.05) is 12.1 Å². The van der Waals surface area contributed by atoms with Gasteiger partial charge in [-0.2, -0.15) is 4.68 Å². The Morgan fingerprint density at radius 3 is 2.45 bits per heavy atom. The van der Waals surface area contributed by atoms with Crippen LogP contribution in [0.25, 0.3) is 10.9 Å². The van der Waals surface area contributed by atoms with Gasteiger partial charge in [0.15, 0.2) is 0 Å². The second kappa shape index (κ2) is 7.35. The zero-order chi connectivity index (χ0) is 21.3. The highest BCUT2D eigenvalue weighted by Gasteiger charge is 2.19. The van der Waals surface area contributed by atoms with Gasteiger partial charge in [0.05, 0.1) is 22.1 Å². The Morgan fingerprint density at radius 1 is 1.21 bits per heavy atom. The average Bonchev–Trinajstić information content (AvgIpc) is 2.63. The first-order valence-electron chi connectivity index (χ1n) is 7.99.